The van der Waals surface area contributed by atoms with Crippen molar-refractivity contribution in [2.24, 2.45) is 17.8 Å². The summed E-state index contributed by atoms with van der Waals surface area (Å²) in [5, 5.41) is 14.2. The molecule has 0 aromatic heterocycles. The number of likely N-dealkylation sites (tertiary alicyclic amines) is 1. The number of piperidine rings is 1. The van der Waals surface area contributed by atoms with Gasteiger partial charge >= 0.3 is 0 Å². The molecule has 22 heavy (non-hydrogen) atoms. The molecule has 0 bridgehead atoms. The maximum Gasteiger partial charge on any atom is 0.0571 e. The van der Waals surface area contributed by atoms with Crippen molar-refractivity contribution in [3.8, 4) is 0 Å². The van der Waals surface area contributed by atoms with E-state index in [1.165, 1.54) is 77.5 Å². The first-order chi connectivity index (χ1) is 10.7. The fraction of sp³-hybridized carbons (Fsp3) is 1.00. The van der Waals surface area contributed by atoms with Crippen LogP contribution in [-0.2, 0) is 0 Å². The second kappa shape index (κ2) is 8.12. The number of aliphatic hydroxyl groups excluding tert-OH is 1. The molecule has 1 saturated heterocycles. The zero-order valence-corrected chi connectivity index (χ0v) is 14.5. The van der Waals surface area contributed by atoms with Gasteiger partial charge in [-0.25, -0.2) is 0 Å². The molecule has 3 heteroatoms. The van der Waals surface area contributed by atoms with E-state index in [-0.39, 0.29) is 6.10 Å². The predicted molar refractivity (Wildman–Crippen MR) is 91.9 cm³/mol. The molecule has 3 atom stereocenters. The smallest absolute Gasteiger partial charge is 0.0571 e. The van der Waals surface area contributed by atoms with Crippen LogP contribution in [0.15, 0.2) is 0 Å². The Bertz CT molecular complexity index is 325. The fourth-order valence-electron chi connectivity index (χ4n) is 4.68. The maximum absolute atomic E-state index is 10.3. The minimum Gasteiger partial charge on any atom is -0.393 e. The van der Waals surface area contributed by atoms with Crippen molar-refractivity contribution in [1.29, 1.82) is 0 Å². The molecule has 2 aliphatic carbocycles. The van der Waals surface area contributed by atoms with E-state index in [2.05, 4.69) is 17.1 Å². The highest BCUT2D eigenvalue weighted by Gasteiger charge is 2.34. The summed E-state index contributed by atoms with van der Waals surface area (Å²) in [5.41, 5.74) is 0. The molecule has 3 nitrogen and oxygen atoms in total. The number of hydrogen-bond donors (Lipinski definition) is 2. The highest BCUT2D eigenvalue weighted by Crippen LogP contribution is 2.36. The molecule has 1 heterocycles. The maximum atomic E-state index is 10.3. The third kappa shape index (κ3) is 4.94. The summed E-state index contributed by atoms with van der Waals surface area (Å²) in [5.74, 6) is 2.25. The van der Waals surface area contributed by atoms with Gasteiger partial charge in [0.1, 0.15) is 0 Å². The van der Waals surface area contributed by atoms with Crippen LogP contribution in [-0.4, -0.2) is 48.3 Å². The molecule has 3 aliphatic rings. The summed E-state index contributed by atoms with van der Waals surface area (Å²) < 4.78 is 0. The normalized spacial score (nSPS) is 32.5. The summed E-state index contributed by atoms with van der Waals surface area (Å²) in [4.78, 5) is 2.64. The standard InChI is InChI=1S/C19H36N2O/c1-2-9-21-13-16(11-19(22)17-7-8-17)10-18(14-21)20-12-15-5-3-4-6-15/h15-20,22H,2-14H2,1H3. The summed E-state index contributed by atoms with van der Waals surface area (Å²) in [6.07, 6.45) is 11.8. The molecule has 3 rings (SSSR count). The molecule has 0 radical (unpaired) electrons. The number of rotatable bonds is 8. The Morgan fingerprint density at radius 1 is 1.09 bits per heavy atom. The first-order valence-corrected chi connectivity index (χ1v) is 9.88. The van der Waals surface area contributed by atoms with Crippen LogP contribution in [0.3, 0.4) is 0 Å². The molecular formula is C19H36N2O. The van der Waals surface area contributed by atoms with E-state index in [4.69, 9.17) is 0 Å². The van der Waals surface area contributed by atoms with E-state index < -0.39 is 0 Å². The van der Waals surface area contributed by atoms with Gasteiger partial charge in [0, 0.05) is 19.1 Å². The van der Waals surface area contributed by atoms with E-state index in [1.807, 2.05) is 0 Å². The topological polar surface area (TPSA) is 35.5 Å². The summed E-state index contributed by atoms with van der Waals surface area (Å²) in [6.45, 7) is 7.15. The first-order valence-electron chi connectivity index (χ1n) is 9.88. The number of hydrogen-bond acceptors (Lipinski definition) is 3. The average Bonchev–Trinajstić information content (AvgIpc) is 3.22. The minimum absolute atomic E-state index is 0.0259. The van der Waals surface area contributed by atoms with Gasteiger partial charge in [0.2, 0.25) is 0 Å². The third-order valence-corrected chi connectivity index (χ3v) is 6.06. The van der Waals surface area contributed by atoms with Crippen molar-refractivity contribution in [3.63, 3.8) is 0 Å². The number of nitrogens with one attached hydrogen (secondary N) is 1. The van der Waals surface area contributed by atoms with Crippen LogP contribution in [0.1, 0.15) is 64.7 Å². The van der Waals surface area contributed by atoms with E-state index in [0.717, 1.165) is 12.3 Å². The van der Waals surface area contributed by atoms with Crippen molar-refractivity contribution in [1.82, 2.24) is 10.2 Å². The summed E-state index contributed by atoms with van der Waals surface area (Å²) in [7, 11) is 0. The molecule has 0 amide bonds. The molecule has 1 aliphatic heterocycles. The van der Waals surface area contributed by atoms with Crippen LogP contribution in [0.25, 0.3) is 0 Å². The molecule has 128 valence electrons. The molecule has 3 unspecified atom stereocenters. The lowest BCUT2D eigenvalue weighted by atomic mass is 9.88. The van der Waals surface area contributed by atoms with Gasteiger partial charge in [0.05, 0.1) is 6.10 Å². The molecular weight excluding hydrogens is 272 g/mol. The van der Waals surface area contributed by atoms with Crippen LogP contribution < -0.4 is 5.32 Å². The molecule has 0 aromatic carbocycles. The highest BCUT2D eigenvalue weighted by molar-refractivity contribution is 4.89. The Kier molecular flexibility index (Phi) is 6.17. The molecule has 2 N–H and O–H groups in total. The molecule has 0 spiro atoms. The second-order valence-electron chi connectivity index (χ2n) is 8.26. The van der Waals surface area contributed by atoms with E-state index in [0.29, 0.717) is 17.9 Å². The molecule has 3 fully saturated rings. The van der Waals surface area contributed by atoms with Gasteiger partial charge in [-0.1, -0.05) is 19.8 Å². The lowest BCUT2D eigenvalue weighted by Crippen LogP contribution is -2.50. The van der Waals surface area contributed by atoms with Crippen LogP contribution in [0, 0.1) is 17.8 Å². The summed E-state index contributed by atoms with van der Waals surface area (Å²) in [6, 6.07) is 0.650. The van der Waals surface area contributed by atoms with E-state index in [1.54, 1.807) is 0 Å². The Labute approximate surface area is 136 Å². The van der Waals surface area contributed by atoms with Gasteiger partial charge in [-0.3, -0.25) is 0 Å². The van der Waals surface area contributed by atoms with E-state index in [9.17, 15) is 5.11 Å². The largest absolute Gasteiger partial charge is 0.393 e. The average molecular weight is 309 g/mol. The lowest BCUT2D eigenvalue weighted by molar-refractivity contribution is 0.0742. The van der Waals surface area contributed by atoms with Crippen molar-refractivity contribution < 1.29 is 5.11 Å². The second-order valence-corrected chi connectivity index (χ2v) is 8.26. The monoisotopic (exact) mass is 308 g/mol. The van der Waals surface area contributed by atoms with Crippen molar-refractivity contribution in [2.75, 3.05) is 26.2 Å². The Morgan fingerprint density at radius 2 is 1.86 bits per heavy atom. The summed E-state index contributed by atoms with van der Waals surface area (Å²) >= 11 is 0. The van der Waals surface area contributed by atoms with Crippen molar-refractivity contribution in [2.45, 2.75) is 76.9 Å². The third-order valence-electron chi connectivity index (χ3n) is 6.06. The van der Waals surface area contributed by atoms with Crippen LogP contribution in [0.4, 0.5) is 0 Å². The molecule has 0 aromatic rings. The Balaban J connectivity index is 1.47. The van der Waals surface area contributed by atoms with Gasteiger partial charge in [-0.15, -0.1) is 0 Å². The van der Waals surface area contributed by atoms with Crippen molar-refractivity contribution >= 4 is 0 Å². The Morgan fingerprint density at radius 3 is 2.55 bits per heavy atom. The van der Waals surface area contributed by atoms with Gasteiger partial charge in [0.25, 0.3) is 0 Å². The zero-order valence-electron chi connectivity index (χ0n) is 14.5. The van der Waals surface area contributed by atoms with Gasteiger partial charge in [0.15, 0.2) is 0 Å². The van der Waals surface area contributed by atoms with Gasteiger partial charge in [-0.05, 0) is 75.8 Å². The minimum atomic E-state index is -0.0259. The van der Waals surface area contributed by atoms with Gasteiger partial charge in [-0.2, -0.15) is 0 Å². The van der Waals surface area contributed by atoms with Crippen molar-refractivity contribution in [3.05, 3.63) is 0 Å². The van der Waals surface area contributed by atoms with Crippen LogP contribution in [0.5, 0.6) is 0 Å². The van der Waals surface area contributed by atoms with E-state index >= 15 is 0 Å². The fourth-order valence-corrected chi connectivity index (χ4v) is 4.68. The Hall–Kier alpha value is -0.120. The first kappa shape index (κ1) is 16.7. The molecule has 2 saturated carbocycles. The van der Waals surface area contributed by atoms with Crippen LogP contribution >= 0.6 is 0 Å². The zero-order chi connectivity index (χ0) is 15.4. The predicted octanol–water partition coefficient (Wildman–Crippen LogP) is 3.03. The number of nitrogens with zero attached hydrogens (tertiary/aromatic N) is 1. The SMILES string of the molecule is CCCN1CC(CC(O)C2CC2)CC(NCC2CCCC2)C1. The number of aliphatic hydroxyl groups is 1. The van der Waals surface area contributed by atoms with Crippen LogP contribution in [0.2, 0.25) is 0 Å². The quantitative estimate of drug-likeness (QED) is 0.723. The highest BCUT2D eigenvalue weighted by atomic mass is 16.3. The lowest BCUT2D eigenvalue weighted by Gasteiger charge is -2.39. The van der Waals surface area contributed by atoms with Gasteiger partial charge < -0.3 is 15.3 Å².